The molecule has 29 heavy (non-hydrogen) atoms. The number of imide groups is 1. The molecule has 0 aromatic heterocycles. The molecular weight excluding hydrogens is 398 g/mol. The van der Waals surface area contributed by atoms with Gasteiger partial charge in [0.2, 0.25) is 0 Å². The normalized spacial score (nSPS) is 18.6. The van der Waals surface area contributed by atoms with Crippen molar-refractivity contribution in [2.45, 2.75) is 57.1 Å². The third kappa shape index (κ3) is 4.87. The van der Waals surface area contributed by atoms with Gasteiger partial charge in [-0.15, -0.1) is 0 Å². The lowest BCUT2D eigenvalue weighted by Crippen LogP contribution is -2.44. The van der Waals surface area contributed by atoms with Gasteiger partial charge in [-0.1, -0.05) is 24.4 Å². The van der Waals surface area contributed by atoms with E-state index in [1.54, 1.807) is 24.3 Å². The van der Waals surface area contributed by atoms with Crippen LogP contribution < -0.4 is 10.6 Å². The molecule has 1 saturated heterocycles. The molecule has 156 valence electrons. The van der Waals surface area contributed by atoms with Crippen molar-refractivity contribution in [2.75, 3.05) is 11.9 Å². The largest absolute Gasteiger partial charge is 0.453 e. The van der Waals surface area contributed by atoms with Crippen LogP contribution in [-0.4, -0.2) is 46.9 Å². The van der Waals surface area contributed by atoms with Gasteiger partial charge in [-0.05, 0) is 50.5 Å². The summed E-state index contributed by atoms with van der Waals surface area (Å²) in [5, 5.41) is 5.98. The Morgan fingerprint density at radius 1 is 1.24 bits per heavy atom. The number of amides is 4. The molecule has 1 heterocycles. The van der Waals surface area contributed by atoms with E-state index in [1.807, 2.05) is 0 Å². The van der Waals surface area contributed by atoms with Crippen LogP contribution in [0.4, 0.5) is 10.5 Å². The Morgan fingerprint density at radius 3 is 2.55 bits per heavy atom. The van der Waals surface area contributed by atoms with E-state index in [2.05, 4.69) is 10.6 Å². The molecule has 0 radical (unpaired) electrons. The van der Waals surface area contributed by atoms with Gasteiger partial charge < -0.3 is 15.4 Å². The summed E-state index contributed by atoms with van der Waals surface area (Å²) >= 11 is 5.80. The van der Waals surface area contributed by atoms with Gasteiger partial charge in [0.1, 0.15) is 5.54 Å². The maximum Gasteiger partial charge on any atom is 0.325 e. The summed E-state index contributed by atoms with van der Waals surface area (Å²) in [6, 6.07) is 6.16. The highest BCUT2D eigenvalue weighted by Gasteiger charge is 2.52. The van der Waals surface area contributed by atoms with Crippen molar-refractivity contribution >= 4 is 41.1 Å². The van der Waals surface area contributed by atoms with Gasteiger partial charge in [0.15, 0.2) is 6.10 Å². The van der Waals surface area contributed by atoms with Gasteiger partial charge in [-0.2, -0.15) is 0 Å². The average molecular weight is 422 g/mol. The minimum Gasteiger partial charge on any atom is -0.453 e. The Morgan fingerprint density at radius 2 is 1.90 bits per heavy atom. The van der Waals surface area contributed by atoms with Crippen molar-refractivity contribution in [3.8, 4) is 0 Å². The SMILES string of the molecule is C[C@@H](OC(=O)CCCN1C(=O)NC2(CCCC2)C1=O)C(=O)Nc1ccc(Cl)cc1. The van der Waals surface area contributed by atoms with E-state index < -0.39 is 29.6 Å². The standard InChI is InChI=1S/C20H24ClN3O5/c1-13(17(26)22-15-8-6-14(21)7-9-15)29-16(25)5-4-12-24-18(27)20(23-19(24)28)10-2-3-11-20/h6-9,13H,2-5,10-12H2,1H3,(H,22,26)(H,23,28)/t13-/m1/s1. The summed E-state index contributed by atoms with van der Waals surface area (Å²) in [7, 11) is 0. The van der Waals surface area contributed by atoms with Crippen molar-refractivity contribution in [1.29, 1.82) is 0 Å². The fourth-order valence-corrected chi connectivity index (χ4v) is 3.79. The highest BCUT2D eigenvalue weighted by Crippen LogP contribution is 2.35. The number of benzene rings is 1. The second-order valence-electron chi connectivity index (χ2n) is 7.41. The Hall–Kier alpha value is -2.61. The number of urea groups is 1. The Bertz CT molecular complexity index is 805. The molecule has 4 amide bonds. The highest BCUT2D eigenvalue weighted by atomic mass is 35.5. The number of esters is 1. The Labute approximate surface area is 173 Å². The maximum absolute atomic E-state index is 12.5. The van der Waals surface area contributed by atoms with Crippen molar-refractivity contribution in [3.63, 3.8) is 0 Å². The van der Waals surface area contributed by atoms with E-state index in [0.717, 1.165) is 12.8 Å². The number of halogens is 1. The predicted octanol–water partition coefficient (Wildman–Crippen LogP) is 2.86. The van der Waals surface area contributed by atoms with Gasteiger partial charge >= 0.3 is 12.0 Å². The first-order chi connectivity index (χ1) is 13.8. The molecule has 0 unspecified atom stereocenters. The first kappa shape index (κ1) is 21.1. The zero-order valence-electron chi connectivity index (χ0n) is 16.2. The summed E-state index contributed by atoms with van der Waals surface area (Å²) in [6.45, 7) is 1.62. The zero-order valence-corrected chi connectivity index (χ0v) is 17.0. The molecule has 1 aliphatic carbocycles. The molecule has 0 bridgehead atoms. The Kier molecular flexibility index (Phi) is 6.42. The van der Waals surface area contributed by atoms with Gasteiger partial charge in [-0.3, -0.25) is 19.3 Å². The van der Waals surface area contributed by atoms with Crippen LogP contribution in [-0.2, 0) is 19.1 Å². The molecule has 9 heteroatoms. The van der Waals surface area contributed by atoms with Crippen LogP contribution >= 0.6 is 11.6 Å². The van der Waals surface area contributed by atoms with Gasteiger partial charge in [0, 0.05) is 23.7 Å². The van der Waals surface area contributed by atoms with Crippen LogP contribution in [0.25, 0.3) is 0 Å². The van der Waals surface area contributed by atoms with Crippen molar-refractivity contribution in [1.82, 2.24) is 10.2 Å². The molecule has 1 saturated carbocycles. The van der Waals surface area contributed by atoms with E-state index in [-0.39, 0.29) is 25.3 Å². The van der Waals surface area contributed by atoms with Crippen LogP contribution in [0.15, 0.2) is 24.3 Å². The fourth-order valence-electron chi connectivity index (χ4n) is 3.66. The number of anilines is 1. The first-order valence-corrected chi connectivity index (χ1v) is 10.1. The first-order valence-electron chi connectivity index (χ1n) is 9.71. The Balaban J connectivity index is 1.41. The fraction of sp³-hybridized carbons (Fsp3) is 0.500. The second-order valence-corrected chi connectivity index (χ2v) is 7.84. The van der Waals surface area contributed by atoms with E-state index in [0.29, 0.717) is 23.6 Å². The summed E-state index contributed by atoms with van der Waals surface area (Å²) in [4.78, 5) is 50.0. The third-order valence-electron chi connectivity index (χ3n) is 5.25. The second kappa shape index (κ2) is 8.82. The molecular formula is C20H24ClN3O5. The number of nitrogens with one attached hydrogen (secondary N) is 2. The summed E-state index contributed by atoms with van der Waals surface area (Å²) in [5.74, 6) is -1.23. The maximum atomic E-state index is 12.5. The smallest absolute Gasteiger partial charge is 0.325 e. The van der Waals surface area contributed by atoms with Crippen LogP contribution in [0, 0.1) is 0 Å². The van der Waals surface area contributed by atoms with Crippen LogP contribution in [0.3, 0.4) is 0 Å². The van der Waals surface area contributed by atoms with Crippen LogP contribution in [0.5, 0.6) is 0 Å². The van der Waals surface area contributed by atoms with Crippen molar-refractivity contribution in [3.05, 3.63) is 29.3 Å². The lowest BCUT2D eigenvalue weighted by Gasteiger charge is -2.20. The van der Waals surface area contributed by atoms with E-state index in [4.69, 9.17) is 16.3 Å². The monoisotopic (exact) mass is 421 g/mol. The molecule has 3 rings (SSSR count). The number of ether oxygens (including phenoxy) is 1. The minimum absolute atomic E-state index is 0.00260. The summed E-state index contributed by atoms with van der Waals surface area (Å²) in [5.41, 5.74) is -0.201. The molecule has 2 fully saturated rings. The van der Waals surface area contributed by atoms with Gasteiger partial charge in [-0.25, -0.2) is 4.79 Å². The predicted molar refractivity (Wildman–Crippen MR) is 106 cm³/mol. The number of hydrogen-bond donors (Lipinski definition) is 2. The lowest BCUT2D eigenvalue weighted by atomic mass is 9.98. The molecule has 1 atom stereocenters. The molecule has 2 N–H and O–H groups in total. The zero-order chi connectivity index (χ0) is 21.0. The lowest BCUT2D eigenvalue weighted by molar-refractivity contribution is -0.153. The molecule has 1 spiro atoms. The number of carbonyl (C=O) groups excluding carboxylic acids is 4. The van der Waals surface area contributed by atoms with Crippen LogP contribution in [0.1, 0.15) is 45.4 Å². The molecule has 1 aliphatic heterocycles. The van der Waals surface area contributed by atoms with E-state index >= 15 is 0 Å². The van der Waals surface area contributed by atoms with Crippen LogP contribution in [0.2, 0.25) is 5.02 Å². The molecule has 8 nitrogen and oxygen atoms in total. The highest BCUT2D eigenvalue weighted by molar-refractivity contribution is 6.30. The average Bonchev–Trinajstić information content (AvgIpc) is 3.24. The third-order valence-corrected chi connectivity index (χ3v) is 5.51. The van der Waals surface area contributed by atoms with E-state index in [1.165, 1.54) is 11.8 Å². The van der Waals surface area contributed by atoms with Crippen molar-refractivity contribution in [2.24, 2.45) is 0 Å². The molecule has 2 aliphatic rings. The number of carbonyl (C=O) groups is 4. The number of hydrogen-bond acceptors (Lipinski definition) is 5. The minimum atomic E-state index is -0.975. The molecule has 1 aromatic carbocycles. The number of rotatable bonds is 7. The quantitative estimate of drug-likeness (QED) is 0.520. The summed E-state index contributed by atoms with van der Waals surface area (Å²) in [6.07, 6.45) is 2.47. The van der Waals surface area contributed by atoms with Crippen molar-refractivity contribution < 1.29 is 23.9 Å². The number of nitrogens with zero attached hydrogens (tertiary/aromatic N) is 1. The van der Waals surface area contributed by atoms with Gasteiger partial charge in [0.05, 0.1) is 0 Å². The molecule has 1 aromatic rings. The van der Waals surface area contributed by atoms with E-state index in [9.17, 15) is 19.2 Å². The topological polar surface area (TPSA) is 105 Å². The summed E-state index contributed by atoms with van der Waals surface area (Å²) < 4.78 is 5.14. The van der Waals surface area contributed by atoms with Gasteiger partial charge in [0.25, 0.3) is 11.8 Å².